The molecule has 0 N–H and O–H groups in total. The third-order valence-electron chi connectivity index (χ3n) is 11.0. The van der Waals surface area contributed by atoms with Crippen LogP contribution >= 0.6 is 0 Å². The molecule has 0 fully saturated rings. The number of hydrogen-bond acceptors (Lipinski definition) is 2. The minimum atomic E-state index is -0.245. The first-order valence-electron chi connectivity index (χ1n) is 17.0. The number of furan rings is 2. The Morgan fingerprint density at radius 1 is 0.429 bits per heavy atom. The molecule has 2 heterocycles. The SMILES string of the molecule is CC1(C)c2cc(-c3cccc4oc5c6ccccc6ccc5c34)ccc2-c2c1c(-c1ccc3c(c1)oc1ccccc13)cc1ccccc21. The summed E-state index contributed by atoms with van der Waals surface area (Å²) in [6, 6.07) is 52.7. The van der Waals surface area contributed by atoms with Crippen molar-refractivity contribution in [2.45, 2.75) is 19.3 Å². The summed E-state index contributed by atoms with van der Waals surface area (Å²) >= 11 is 0. The molecule has 1 aliphatic carbocycles. The summed E-state index contributed by atoms with van der Waals surface area (Å²) in [5.41, 5.74) is 13.7. The lowest BCUT2D eigenvalue weighted by molar-refractivity contribution is 0.662. The standard InChI is InChI=1S/C47H30O2/c1-47(2)39-25-29(31-15-9-17-41-43(31)37-23-18-27-10-3-6-13-33(27)46(37)49-41)20-22-36(39)44-32-12-5-4-11-28(32)24-38(45(44)47)30-19-21-35-34-14-7-8-16-40(34)48-42(35)26-30/h3-26H,1-2H3. The maximum atomic E-state index is 6.57. The second-order valence-corrected chi connectivity index (χ2v) is 14.0. The fourth-order valence-corrected chi connectivity index (χ4v) is 8.77. The molecule has 2 aromatic heterocycles. The zero-order chi connectivity index (χ0) is 32.4. The Hall–Kier alpha value is -6.12. The molecule has 0 atom stereocenters. The summed E-state index contributed by atoms with van der Waals surface area (Å²) in [5.74, 6) is 0. The van der Waals surface area contributed by atoms with Crippen LogP contribution in [0.5, 0.6) is 0 Å². The molecule has 0 spiro atoms. The highest BCUT2D eigenvalue weighted by Crippen LogP contribution is 2.56. The molecular formula is C47H30O2. The van der Waals surface area contributed by atoms with Crippen LogP contribution in [0.4, 0.5) is 0 Å². The molecule has 0 radical (unpaired) electrons. The fraction of sp³-hybridized carbons (Fsp3) is 0.0638. The molecule has 0 amide bonds. The monoisotopic (exact) mass is 626 g/mol. The Kier molecular flexibility index (Phi) is 5.21. The van der Waals surface area contributed by atoms with Crippen LogP contribution in [0.3, 0.4) is 0 Å². The van der Waals surface area contributed by atoms with Crippen LogP contribution in [0.2, 0.25) is 0 Å². The summed E-state index contributed by atoms with van der Waals surface area (Å²) in [7, 11) is 0. The highest BCUT2D eigenvalue weighted by molar-refractivity contribution is 6.19. The average Bonchev–Trinajstić information content (AvgIpc) is 3.79. The first-order valence-corrected chi connectivity index (χ1v) is 17.0. The molecule has 0 bridgehead atoms. The molecule has 0 unspecified atom stereocenters. The van der Waals surface area contributed by atoms with Gasteiger partial charge in [-0.2, -0.15) is 0 Å². The predicted molar refractivity (Wildman–Crippen MR) is 204 cm³/mol. The predicted octanol–water partition coefficient (Wildman–Crippen LogP) is 13.4. The smallest absolute Gasteiger partial charge is 0.143 e. The van der Waals surface area contributed by atoms with Crippen molar-refractivity contribution in [2.75, 3.05) is 0 Å². The lowest BCUT2D eigenvalue weighted by Gasteiger charge is -2.25. The van der Waals surface area contributed by atoms with Gasteiger partial charge in [0.2, 0.25) is 0 Å². The van der Waals surface area contributed by atoms with Crippen molar-refractivity contribution < 1.29 is 8.83 Å². The van der Waals surface area contributed by atoms with Gasteiger partial charge in [0.25, 0.3) is 0 Å². The Bertz CT molecular complexity index is 3020. The van der Waals surface area contributed by atoms with Gasteiger partial charge in [-0.3, -0.25) is 0 Å². The van der Waals surface area contributed by atoms with Crippen LogP contribution in [0.15, 0.2) is 154 Å². The summed E-state index contributed by atoms with van der Waals surface area (Å²) in [6.07, 6.45) is 0. The number of hydrogen-bond donors (Lipinski definition) is 0. The molecule has 10 aromatic rings. The molecule has 230 valence electrons. The van der Waals surface area contributed by atoms with Gasteiger partial charge >= 0.3 is 0 Å². The van der Waals surface area contributed by atoms with E-state index in [4.69, 9.17) is 8.83 Å². The minimum absolute atomic E-state index is 0.245. The van der Waals surface area contributed by atoms with E-state index < -0.39 is 0 Å². The second kappa shape index (κ2) is 9.49. The number of fused-ring (bicyclic) bond motifs is 13. The van der Waals surface area contributed by atoms with E-state index >= 15 is 0 Å². The lowest BCUT2D eigenvalue weighted by Crippen LogP contribution is -2.16. The Morgan fingerprint density at radius 2 is 1.12 bits per heavy atom. The van der Waals surface area contributed by atoms with Gasteiger partial charge in [-0.25, -0.2) is 0 Å². The van der Waals surface area contributed by atoms with Gasteiger partial charge in [0.1, 0.15) is 22.3 Å². The van der Waals surface area contributed by atoms with Gasteiger partial charge in [0, 0.05) is 32.3 Å². The van der Waals surface area contributed by atoms with Gasteiger partial charge < -0.3 is 8.83 Å². The molecule has 0 saturated carbocycles. The summed E-state index contributed by atoms with van der Waals surface area (Å²) < 4.78 is 12.9. The van der Waals surface area contributed by atoms with Crippen LogP contribution < -0.4 is 0 Å². The van der Waals surface area contributed by atoms with Crippen molar-refractivity contribution in [3.63, 3.8) is 0 Å². The zero-order valence-corrected chi connectivity index (χ0v) is 27.2. The van der Waals surface area contributed by atoms with E-state index in [1.165, 1.54) is 66.1 Å². The first kappa shape index (κ1) is 26.9. The molecule has 0 saturated heterocycles. The second-order valence-electron chi connectivity index (χ2n) is 14.0. The van der Waals surface area contributed by atoms with Crippen molar-refractivity contribution in [1.82, 2.24) is 0 Å². The Morgan fingerprint density at radius 3 is 2.02 bits per heavy atom. The summed E-state index contributed by atoms with van der Waals surface area (Å²) in [6.45, 7) is 4.78. The van der Waals surface area contributed by atoms with Gasteiger partial charge in [-0.05, 0) is 103 Å². The highest BCUT2D eigenvalue weighted by atomic mass is 16.3. The first-order chi connectivity index (χ1) is 24.0. The van der Waals surface area contributed by atoms with Crippen molar-refractivity contribution >= 4 is 65.4 Å². The summed E-state index contributed by atoms with van der Waals surface area (Å²) in [5, 5.41) is 9.50. The minimum Gasteiger partial charge on any atom is -0.456 e. The van der Waals surface area contributed by atoms with Crippen molar-refractivity contribution in [3.8, 4) is 33.4 Å². The van der Waals surface area contributed by atoms with E-state index in [0.717, 1.165) is 43.9 Å². The van der Waals surface area contributed by atoms with Gasteiger partial charge in [-0.1, -0.05) is 117 Å². The van der Waals surface area contributed by atoms with Crippen LogP contribution in [0, 0.1) is 0 Å². The van der Waals surface area contributed by atoms with Crippen LogP contribution in [0.1, 0.15) is 25.0 Å². The van der Waals surface area contributed by atoms with Crippen LogP contribution in [-0.4, -0.2) is 0 Å². The van der Waals surface area contributed by atoms with Crippen molar-refractivity contribution in [3.05, 3.63) is 157 Å². The molecule has 49 heavy (non-hydrogen) atoms. The van der Waals surface area contributed by atoms with E-state index in [1.807, 2.05) is 6.07 Å². The van der Waals surface area contributed by atoms with E-state index in [9.17, 15) is 0 Å². The zero-order valence-electron chi connectivity index (χ0n) is 27.2. The van der Waals surface area contributed by atoms with Gasteiger partial charge in [-0.15, -0.1) is 0 Å². The van der Waals surface area contributed by atoms with Crippen molar-refractivity contribution in [2.24, 2.45) is 0 Å². The fourth-order valence-electron chi connectivity index (χ4n) is 8.77. The molecule has 11 rings (SSSR count). The molecule has 2 heteroatoms. The molecule has 0 aliphatic heterocycles. The number of para-hydroxylation sites is 1. The normalized spacial score (nSPS) is 13.7. The molecular weight excluding hydrogens is 597 g/mol. The molecule has 2 nitrogen and oxygen atoms in total. The van der Waals surface area contributed by atoms with E-state index in [0.29, 0.717) is 0 Å². The van der Waals surface area contributed by atoms with Crippen molar-refractivity contribution in [1.29, 1.82) is 0 Å². The maximum Gasteiger partial charge on any atom is 0.143 e. The van der Waals surface area contributed by atoms with Gasteiger partial charge in [0.15, 0.2) is 0 Å². The summed E-state index contributed by atoms with van der Waals surface area (Å²) in [4.78, 5) is 0. The topological polar surface area (TPSA) is 26.3 Å². The third kappa shape index (κ3) is 3.61. The van der Waals surface area contributed by atoms with E-state index in [1.54, 1.807) is 0 Å². The lowest BCUT2D eigenvalue weighted by atomic mass is 9.77. The van der Waals surface area contributed by atoms with E-state index in [-0.39, 0.29) is 5.41 Å². The third-order valence-corrected chi connectivity index (χ3v) is 11.0. The van der Waals surface area contributed by atoms with Crippen LogP contribution in [0.25, 0.3) is 98.8 Å². The van der Waals surface area contributed by atoms with E-state index in [2.05, 4.69) is 153 Å². The molecule has 8 aromatic carbocycles. The quantitative estimate of drug-likeness (QED) is 0.191. The average molecular weight is 627 g/mol. The number of rotatable bonds is 2. The highest BCUT2D eigenvalue weighted by Gasteiger charge is 2.39. The molecule has 1 aliphatic rings. The maximum absolute atomic E-state index is 6.57. The number of benzene rings is 8. The Labute approximate surface area is 282 Å². The Balaban J connectivity index is 1.14. The largest absolute Gasteiger partial charge is 0.456 e. The van der Waals surface area contributed by atoms with Gasteiger partial charge in [0.05, 0.1) is 0 Å². The van der Waals surface area contributed by atoms with Crippen LogP contribution in [-0.2, 0) is 5.41 Å².